The quantitative estimate of drug-likeness (QED) is 0.0581. The Kier molecular flexibility index (Phi) is 15.1. The number of carbonyl (C=O) groups excluding carboxylic acids is 4. The number of carbonyl (C=O) groups is 4. The second-order valence-corrected chi connectivity index (χ2v) is 20.9. The number of fused-ring (bicyclic) bond motifs is 2. The summed E-state index contributed by atoms with van der Waals surface area (Å²) in [6.07, 6.45) is 2.13. The summed E-state index contributed by atoms with van der Waals surface area (Å²) in [7, 11) is -11.7. The Morgan fingerprint density at radius 3 is 2.03 bits per heavy atom. The Balaban J connectivity index is 1.45. The Bertz CT molecular complexity index is 2840. The van der Waals surface area contributed by atoms with E-state index in [1.165, 1.54) is 44.6 Å². The standard InChI is InChI=1S/C43H51N3O18S3/c1-42(14-6-22-65(52,53)54)31-23-27(66(55,56)57)9-11-34(31)45(17-19-63-21-20-62-4)35(42)25-29-40(50)30(41(29)51)26-36-43(2,15-18-61-3)32-24-28(67(58,59)60)8-10-33(32)44(36)16-5-7-39(49)64-46-37(47)12-13-38(46)48/h8-11,23-26H,5-7,12-22H2,1-4H3,(H3-,50,51,52,53,54,55,56,57,58,59,60)/p-2. The van der Waals surface area contributed by atoms with Crippen LogP contribution in [0.1, 0.15) is 69.9 Å². The third-order valence-corrected chi connectivity index (χ3v) is 14.7. The van der Waals surface area contributed by atoms with Gasteiger partial charge < -0.3 is 42.7 Å². The highest BCUT2D eigenvalue weighted by atomic mass is 32.2. The first-order valence-corrected chi connectivity index (χ1v) is 25.4. The molecule has 3 aliphatic heterocycles. The molecule has 24 heteroatoms. The van der Waals surface area contributed by atoms with Gasteiger partial charge in [0.05, 0.1) is 49.7 Å². The van der Waals surface area contributed by atoms with Crippen molar-refractivity contribution < 1.29 is 86.8 Å². The SMILES string of the molecule is COCCOCC[N+]1=C(/C=C2\C(=O)C(/C=C3/N(CCCC(=O)ON4C(=O)CCC4=O)c4ccc(S(=O)(=O)[O-])cc4C3(C)CCOC)=C2O)C(C)(CCCS(=O)(=O)[O-])c2cc(S(=O)(=O)[O-])ccc21. The molecule has 2 amide bonds. The lowest BCUT2D eigenvalue weighted by Crippen LogP contribution is -2.35. The summed E-state index contributed by atoms with van der Waals surface area (Å²) in [5.41, 5.74) is -0.956. The normalized spacial score (nSPS) is 22.1. The Morgan fingerprint density at radius 1 is 0.806 bits per heavy atom. The first-order valence-electron chi connectivity index (χ1n) is 21.0. The maximum absolute atomic E-state index is 14.4. The minimum atomic E-state index is -4.99. The van der Waals surface area contributed by atoms with Crippen LogP contribution < -0.4 is 4.90 Å². The number of allylic oxidation sites excluding steroid dienone is 5. The number of Topliss-reactive ketones (excluding diaryl/α,β-unsaturated/α-hetero) is 1. The molecule has 364 valence electrons. The van der Waals surface area contributed by atoms with Gasteiger partial charge in [0.1, 0.15) is 32.6 Å². The van der Waals surface area contributed by atoms with Crippen LogP contribution in [-0.2, 0) is 79.4 Å². The predicted octanol–water partition coefficient (Wildman–Crippen LogP) is 2.25. The van der Waals surface area contributed by atoms with E-state index in [-0.39, 0.29) is 107 Å². The molecule has 0 radical (unpaired) electrons. The molecule has 21 nitrogen and oxygen atoms in total. The van der Waals surface area contributed by atoms with Crippen LogP contribution in [0.2, 0.25) is 0 Å². The largest absolute Gasteiger partial charge is 0.748 e. The van der Waals surface area contributed by atoms with Gasteiger partial charge >= 0.3 is 5.97 Å². The number of rotatable bonds is 22. The van der Waals surface area contributed by atoms with Crippen molar-refractivity contribution in [1.29, 1.82) is 0 Å². The van der Waals surface area contributed by atoms with Crippen molar-refractivity contribution in [3.63, 3.8) is 0 Å². The highest BCUT2D eigenvalue weighted by Crippen LogP contribution is 2.52. The monoisotopic (exact) mass is 991 g/mol. The van der Waals surface area contributed by atoms with E-state index < -0.39 is 86.1 Å². The van der Waals surface area contributed by atoms with Crippen LogP contribution in [-0.4, -0.2) is 142 Å². The molecule has 0 aromatic heterocycles. The van der Waals surface area contributed by atoms with E-state index in [2.05, 4.69) is 0 Å². The minimum Gasteiger partial charge on any atom is -0.748 e. The lowest BCUT2D eigenvalue weighted by Gasteiger charge is -2.32. The second-order valence-electron chi connectivity index (χ2n) is 16.7. The predicted molar refractivity (Wildman–Crippen MR) is 231 cm³/mol. The number of methoxy groups -OCH3 is 2. The van der Waals surface area contributed by atoms with Gasteiger partial charge in [-0.2, -0.15) is 4.58 Å². The van der Waals surface area contributed by atoms with E-state index in [4.69, 9.17) is 19.0 Å². The zero-order valence-electron chi connectivity index (χ0n) is 37.0. The summed E-state index contributed by atoms with van der Waals surface area (Å²) < 4.78 is 126. The smallest absolute Gasteiger partial charge is 0.333 e. The molecule has 0 spiro atoms. The molecule has 1 fully saturated rings. The van der Waals surface area contributed by atoms with Crippen LogP contribution in [0.3, 0.4) is 0 Å². The third-order valence-electron chi connectivity index (χ3n) is 12.3. The average Bonchev–Trinajstić information content (AvgIpc) is 3.78. The molecule has 2 unspecified atom stereocenters. The number of imide groups is 1. The van der Waals surface area contributed by atoms with E-state index in [9.17, 15) is 63.2 Å². The van der Waals surface area contributed by atoms with E-state index >= 15 is 0 Å². The number of ether oxygens (including phenoxy) is 3. The number of benzene rings is 2. The minimum absolute atomic E-state index is 0.00288. The van der Waals surface area contributed by atoms with E-state index in [0.29, 0.717) is 27.7 Å². The van der Waals surface area contributed by atoms with Crippen LogP contribution in [0.15, 0.2) is 80.9 Å². The first-order chi connectivity index (χ1) is 31.4. The fourth-order valence-corrected chi connectivity index (χ4v) is 10.3. The van der Waals surface area contributed by atoms with Crippen molar-refractivity contribution in [1.82, 2.24) is 5.06 Å². The van der Waals surface area contributed by atoms with Gasteiger partial charge in [0.15, 0.2) is 12.3 Å². The molecule has 2 aromatic carbocycles. The maximum Gasteiger partial charge on any atom is 0.333 e. The highest BCUT2D eigenvalue weighted by Gasteiger charge is 2.50. The number of aliphatic hydroxyl groups is 1. The van der Waals surface area contributed by atoms with Gasteiger partial charge in [0, 0.05) is 86.9 Å². The van der Waals surface area contributed by atoms with Gasteiger partial charge in [-0.15, -0.1) is 5.06 Å². The van der Waals surface area contributed by atoms with Crippen molar-refractivity contribution >= 4 is 71.0 Å². The maximum atomic E-state index is 14.4. The molecule has 3 heterocycles. The molecular formula is C43H49N3O18S3-2. The molecule has 1 aliphatic carbocycles. The molecule has 6 rings (SSSR count). The fraction of sp³-hybridized carbons (Fsp3) is 0.465. The number of anilines is 1. The first kappa shape index (κ1) is 51.2. The molecule has 4 aliphatic rings. The number of amides is 2. The van der Waals surface area contributed by atoms with Crippen LogP contribution in [0, 0.1) is 0 Å². The van der Waals surface area contributed by atoms with Crippen molar-refractivity contribution in [3.05, 3.63) is 82.3 Å². The van der Waals surface area contributed by atoms with Gasteiger partial charge in [-0.25, -0.2) is 30.0 Å². The Hall–Kier alpha value is -5.18. The molecule has 67 heavy (non-hydrogen) atoms. The van der Waals surface area contributed by atoms with Crippen molar-refractivity contribution in [2.75, 3.05) is 64.4 Å². The summed E-state index contributed by atoms with van der Waals surface area (Å²) >= 11 is 0. The van der Waals surface area contributed by atoms with Gasteiger partial charge in [-0.1, -0.05) is 0 Å². The molecule has 2 aromatic rings. The summed E-state index contributed by atoms with van der Waals surface area (Å²) in [5, 5.41) is 12.2. The average molecular weight is 992 g/mol. The van der Waals surface area contributed by atoms with Crippen molar-refractivity contribution in [2.24, 2.45) is 0 Å². The van der Waals surface area contributed by atoms with Crippen molar-refractivity contribution in [2.45, 2.75) is 79.4 Å². The Morgan fingerprint density at radius 2 is 1.43 bits per heavy atom. The van der Waals surface area contributed by atoms with E-state index in [1.54, 1.807) is 23.3 Å². The second kappa shape index (κ2) is 19.8. The van der Waals surface area contributed by atoms with Crippen LogP contribution >= 0.6 is 0 Å². The lowest BCUT2D eigenvalue weighted by molar-refractivity contribution is -0.442. The van der Waals surface area contributed by atoms with Crippen molar-refractivity contribution in [3.8, 4) is 0 Å². The summed E-state index contributed by atoms with van der Waals surface area (Å²) in [5.74, 6) is -4.19. The summed E-state index contributed by atoms with van der Waals surface area (Å²) in [6, 6.07) is 7.38. The molecule has 1 saturated heterocycles. The van der Waals surface area contributed by atoms with Gasteiger partial charge in [-0.3, -0.25) is 14.4 Å². The number of hydrogen-bond donors (Lipinski definition) is 1. The summed E-state index contributed by atoms with van der Waals surface area (Å²) in [6.45, 7) is 4.03. The lowest BCUT2D eigenvalue weighted by atomic mass is 9.73. The Labute approximate surface area is 387 Å². The fourth-order valence-electron chi connectivity index (χ4n) is 8.79. The zero-order chi connectivity index (χ0) is 49.3. The van der Waals surface area contributed by atoms with E-state index in [1.807, 2.05) is 0 Å². The van der Waals surface area contributed by atoms with Gasteiger partial charge in [0.25, 0.3) is 11.8 Å². The number of aliphatic hydroxyl groups excluding tert-OH is 1. The molecule has 0 saturated carbocycles. The highest BCUT2D eigenvalue weighted by molar-refractivity contribution is 7.86. The van der Waals surface area contributed by atoms with Crippen LogP contribution in [0.4, 0.5) is 11.4 Å². The van der Waals surface area contributed by atoms with Crippen LogP contribution in [0.5, 0.6) is 0 Å². The molecule has 1 N–H and O–H groups in total. The van der Waals surface area contributed by atoms with Gasteiger partial charge in [0.2, 0.25) is 11.5 Å². The summed E-state index contributed by atoms with van der Waals surface area (Å²) in [4.78, 5) is 56.9. The third kappa shape index (κ3) is 10.8. The number of hydrogen-bond acceptors (Lipinski definition) is 19. The number of ketones is 1. The number of nitrogens with zero attached hydrogens (tertiary/aromatic N) is 3. The molecule has 2 atom stereocenters. The topological polar surface area (TPSA) is 307 Å². The molecule has 0 bridgehead atoms. The van der Waals surface area contributed by atoms with E-state index in [0.717, 1.165) is 18.2 Å². The molecular weight excluding hydrogens is 943 g/mol. The number of hydroxylamine groups is 2. The van der Waals surface area contributed by atoms with Crippen LogP contribution in [0.25, 0.3) is 0 Å². The zero-order valence-corrected chi connectivity index (χ0v) is 39.4. The van der Waals surface area contributed by atoms with Gasteiger partial charge in [-0.05, 0) is 81.5 Å².